The van der Waals surface area contributed by atoms with Crippen molar-refractivity contribution in [3.63, 3.8) is 0 Å². The maximum Gasteiger partial charge on any atom is 0.0862 e. The van der Waals surface area contributed by atoms with Crippen molar-refractivity contribution >= 4 is 0 Å². The van der Waals surface area contributed by atoms with E-state index in [0.29, 0.717) is 18.4 Å². The zero-order valence-corrected chi connectivity index (χ0v) is 10.5. The quantitative estimate of drug-likeness (QED) is 0.846. The summed E-state index contributed by atoms with van der Waals surface area (Å²) < 4.78 is 5.90. The Kier molecular flexibility index (Phi) is 2.72. The van der Waals surface area contributed by atoms with E-state index in [2.05, 4.69) is 24.3 Å². The molecule has 0 amide bonds. The molecule has 0 radical (unpaired) electrons. The highest BCUT2D eigenvalue weighted by Gasteiger charge is 2.50. The molecule has 1 aromatic rings. The van der Waals surface area contributed by atoms with Gasteiger partial charge in [0.05, 0.1) is 5.60 Å². The van der Waals surface area contributed by atoms with Crippen LogP contribution in [0.3, 0.4) is 0 Å². The van der Waals surface area contributed by atoms with E-state index in [1.807, 2.05) is 7.11 Å². The first-order valence-corrected chi connectivity index (χ1v) is 6.62. The summed E-state index contributed by atoms with van der Waals surface area (Å²) in [7, 11) is 1.84. The molecule has 2 atom stereocenters. The SMILES string of the molecule is COC1(CN)C2CCC1Cc1ccccc1C2. The zero-order chi connectivity index (χ0) is 11.9. The Morgan fingerprint density at radius 3 is 2.12 bits per heavy atom. The second-order valence-electron chi connectivity index (χ2n) is 5.51. The van der Waals surface area contributed by atoms with Gasteiger partial charge in [-0.15, -0.1) is 0 Å². The lowest BCUT2D eigenvalue weighted by Crippen LogP contribution is -2.48. The van der Waals surface area contributed by atoms with Crippen LogP contribution >= 0.6 is 0 Å². The molecule has 0 aliphatic heterocycles. The maximum atomic E-state index is 6.05. The van der Waals surface area contributed by atoms with E-state index in [1.54, 1.807) is 0 Å². The van der Waals surface area contributed by atoms with Gasteiger partial charge in [0.1, 0.15) is 0 Å². The lowest BCUT2D eigenvalue weighted by molar-refractivity contribution is -0.0640. The molecule has 1 aromatic carbocycles. The van der Waals surface area contributed by atoms with Crippen molar-refractivity contribution in [2.24, 2.45) is 17.6 Å². The van der Waals surface area contributed by atoms with E-state index in [0.717, 1.165) is 12.8 Å². The van der Waals surface area contributed by atoms with Crippen LogP contribution in [0, 0.1) is 11.8 Å². The van der Waals surface area contributed by atoms with Crippen LogP contribution in [-0.2, 0) is 17.6 Å². The number of hydrogen-bond acceptors (Lipinski definition) is 2. The fraction of sp³-hybridized carbons (Fsp3) is 0.600. The van der Waals surface area contributed by atoms with Gasteiger partial charge in [0.2, 0.25) is 0 Å². The molecule has 2 unspecified atom stereocenters. The van der Waals surface area contributed by atoms with E-state index >= 15 is 0 Å². The molecule has 3 rings (SSSR count). The molecule has 1 saturated carbocycles. The third kappa shape index (κ3) is 1.54. The van der Waals surface area contributed by atoms with Gasteiger partial charge < -0.3 is 10.5 Å². The summed E-state index contributed by atoms with van der Waals surface area (Å²) in [6, 6.07) is 8.84. The lowest BCUT2D eigenvalue weighted by Gasteiger charge is -2.36. The Hall–Kier alpha value is -0.860. The summed E-state index contributed by atoms with van der Waals surface area (Å²) in [4.78, 5) is 0. The number of methoxy groups -OCH3 is 1. The van der Waals surface area contributed by atoms with Gasteiger partial charge in [-0.3, -0.25) is 0 Å². The molecule has 2 heteroatoms. The van der Waals surface area contributed by atoms with Gasteiger partial charge in [0.25, 0.3) is 0 Å². The highest BCUT2D eigenvalue weighted by Crippen LogP contribution is 2.48. The summed E-state index contributed by atoms with van der Waals surface area (Å²) >= 11 is 0. The second-order valence-corrected chi connectivity index (χ2v) is 5.51. The molecular formula is C15H21NO. The maximum absolute atomic E-state index is 6.05. The van der Waals surface area contributed by atoms with Gasteiger partial charge in [-0.25, -0.2) is 0 Å². The van der Waals surface area contributed by atoms with Gasteiger partial charge in [-0.05, 0) is 48.6 Å². The Morgan fingerprint density at radius 1 is 1.18 bits per heavy atom. The number of hydrogen-bond donors (Lipinski definition) is 1. The van der Waals surface area contributed by atoms with Crippen LogP contribution in [0.25, 0.3) is 0 Å². The molecule has 17 heavy (non-hydrogen) atoms. The molecule has 0 saturated heterocycles. The predicted octanol–water partition coefficient (Wildman–Crippen LogP) is 2.16. The van der Waals surface area contributed by atoms with Crippen LogP contribution < -0.4 is 5.73 Å². The Balaban J connectivity index is 2.02. The second kappa shape index (κ2) is 4.11. The third-order valence-corrected chi connectivity index (χ3v) is 5.00. The van der Waals surface area contributed by atoms with Gasteiger partial charge >= 0.3 is 0 Å². The van der Waals surface area contributed by atoms with Crippen LogP contribution in [0.1, 0.15) is 24.0 Å². The predicted molar refractivity (Wildman–Crippen MR) is 68.9 cm³/mol. The molecular weight excluding hydrogens is 210 g/mol. The van der Waals surface area contributed by atoms with Crippen molar-refractivity contribution in [2.45, 2.75) is 31.3 Å². The molecule has 2 aliphatic rings. The molecule has 0 heterocycles. The standard InChI is InChI=1S/C15H21NO/c1-17-15(10-16)13-6-7-14(15)9-12-5-3-2-4-11(12)8-13/h2-5,13-14H,6-10,16H2,1H3. The van der Waals surface area contributed by atoms with Crippen LogP contribution in [0.4, 0.5) is 0 Å². The average molecular weight is 231 g/mol. The fourth-order valence-electron chi connectivity index (χ4n) is 4.01. The number of rotatable bonds is 2. The minimum absolute atomic E-state index is 0.0704. The van der Waals surface area contributed by atoms with Gasteiger partial charge in [0.15, 0.2) is 0 Å². The van der Waals surface area contributed by atoms with Gasteiger partial charge in [0, 0.05) is 13.7 Å². The molecule has 1 fully saturated rings. The van der Waals surface area contributed by atoms with E-state index in [1.165, 1.54) is 24.0 Å². The van der Waals surface area contributed by atoms with E-state index < -0.39 is 0 Å². The summed E-state index contributed by atoms with van der Waals surface area (Å²) in [6.45, 7) is 0.660. The highest BCUT2D eigenvalue weighted by atomic mass is 16.5. The largest absolute Gasteiger partial charge is 0.376 e. The molecule has 2 aliphatic carbocycles. The van der Waals surface area contributed by atoms with Crippen LogP contribution in [-0.4, -0.2) is 19.3 Å². The fourth-order valence-corrected chi connectivity index (χ4v) is 4.01. The molecule has 2 N–H and O–H groups in total. The van der Waals surface area contributed by atoms with E-state index in [9.17, 15) is 0 Å². The van der Waals surface area contributed by atoms with Crippen LogP contribution in [0.2, 0.25) is 0 Å². The average Bonchev–Trinajstić information content (AvgIpc) is 2.61. The number of nitrogens with two attached hydrogens (primary N) is 1. The first kappa shape index (κ1) is 11.2. The zero-order valence-electron chi connectivity index (χ0n) is 10.5. The summed E-state index contributed by atoms with van der Waals surface area (Å²) in [5, 5.41) is 0. The van der Waals surface area contributed by atoms with Crippen molar-refractivity contribution in [1.82, 2.24) is 0 Å². The van der Waals surface area contributed by atoms with Crippen molar-refractivity contribution in [1.29, 1.82) is 0 Å². The van der Waals surface area contributed by atoms with E-state index in [-0.39, 0.29) is 5.60 Å². The van der Waals surface area contributed by atoms with Crippen molar-refractivity contribution in [3.05, 3.63) is 35.4 Å². The highest BCUT2D eigenvalue weighted by molar-refractivity contribution is 5.32. The minimum atomic E-state index is -0.0704. The molecule has 92 valence electrons. The molecule has 2 bridgehead atoms. The van der Waals surface area contributed by atoms with Crippen molar-refractivity contribution in [3.8, 4) is 0 Å². The Labute approximate surface area is 103 Å². The van der Waals surface area contributed by atoms with E-state index in [4.69, 9.17) is 10.5 Å². The Morgan fingerprint density at radius 2 is 1.71 bits per heavy atom. The monoisotopic (exact) mass is 231 g/mol. The summed E-state index contributed by atoms with van der Waals surface area (Å²) in [6.07, 6.45) is 4.81. The van der Waals surface area contributed by atoms with Crippen molar-refractivity contribution in [2.75, 3.05) is 13.7 Å². The number of ether oxygens (including phenoxy) is 1. The molecule has 0 spiro atoms. The van der Waals surface area contributed by atoms with Gasteiger partial charge in [-0.2, -0.15) is 0 Å². The van der Waals surface area contributed by atoms with Gasteiger partial charge in [-0.1, -0.05) is 24.3 Å². The summed E-state index contributed by atoms with van der Waals surface area (Å²) in [5.41, 5.74) is 9.00. The lowest BCUT2D eigenvalue weighted by atomic mass is 9.82. The number of benzene rings is 1. The number of fused-ring (bicyclic) bond motifs is 3. The first-order chi connectivity index (χ1) is 8.30. The third-order valence-electron chi connectivity index (χ3n) is 5.00. The topological polar surface area (TPSA) is 35.2 Å². The Bertz CT molecular complexity index is 376. The van der Waals surface area contributed by atoms with Crippen LogP contribution in [0.15, 0.2) is 24.3 Å². The minimum Gasteiger partial charge on any atom is -0.376 e. The van der Waals surface area contributed by atoms with Crippen LogP contribution in [0.5, 0.6) is 0 Å². The summed E-state index contributed by atoms with van der Waals surface area (Å²) in [5.74, 6) is 1.21. The van der Waals surface area contributed by atoms with Crippen molar-refractivity contribution < 1.29 is 4.74 Å². The molecule has 0 aromatic heterocycles. The first-order valence-electron chi connectivity index (χ1n) is 6.62. The smallest absolute Gasteiger partial charge is 0.0862 e. The normalized spacial score (nSPS) is 35.4. The molecule has 2 nitrogen and oxygen atoms in total.